The number of rotatable bonds is 5. The van der Waals surface area contributed by atoms with Gasteiger partial charge in [-0.2, -0.15) is 5.10 Å². The molecule has 2 heterocycles. The van der Waals surface area contributed by atoms with E-state index in [0.29, 0.717) is 11.6 Å². The highest BCUT2D eigenvalue weighted by Gasteiger charge is 2.25. The average Bonchev–Trinajstić information content (AvgIpc) is 3.35. The van der Waals surface area contributed by atoms with Crippen molar-refractivity contribution in [3.63, 3.8) is 0 Å². The van der Waals surface area contributed by atoms with Crippen LogP contribution in [0.5, 0.6) is 0 Å². The second-order valence-corrected chi connectivity index (χ2v) is 6.99. The molecule has 6 heteroatoms. The summed E-state index contributed by atoms with van der Waals surface area (Å²) in [4.78, 5) is 0. The van der Waals surface area contributed by atoms with Gasteiger partial charge in [-0.3, -0.25) is 4.68 Å². The first-order chi connectivity index (χ1) is 12.1. The van der Waals surface area contributed by atoms with Crippen molar-refractivity contribution in [1.82, 2.24) is 9.78 Å². The largest absolute Gasteiger partial charge is 0.396 e. The second kappa shape index (κ2) is 6.77. The van der Waals surface area contributed by atoms with Gasteiger partial charge in [0.1, 0.15) is 0 Å². The molecule has 0 radical (unpaired) electrons. The van der Waals surface area contributed by atoms with Crippen LogP contribution < -0.4 is 5.73 Å². The van der Waals surface area contributed by atoms with Gasteiger partial charge in [0.25, 0.3) is 0 Å². The lowest BCUT2D eigenvalue weighted by Crippen LogP contribution is -2.23. The van der Waals surface area contributed by atoms with Crippen molar-refractivity contribution < 1.29 is 13.9 Å². The van der Waals surface area contributed by atoms with E-state index in [9.17, 15) is 4.39 Å². The maximum absolute atomic E-state index is 14.6. The summed E-state index contributed by atoms with van der Waals surface area (Å²) in [6, 6.07) is 3.92. The molecule has 2 aliphatic rings. The van der Waals surface area contributed by atoms with Crippen molar-refractivity contribution in [2.75, 3.05) is 12.3 Å². The van der Waals surface area contributed by atoms with Crippen LogP contribution in [0, 0.1) is 5.82 Å². The molecule has 4 rings (SSSR count). The number of halogens is 1. The Kier molecular flexibility index (Phi) is 4.48. The molecular formula is C19H24FN3O2. The molecule has 5 nitrogen and oxygen atoms in total. The maximum atomic E-state index is 14.6. The first kappa shape index (κ1) is 16.5. The fourth-order valence-corrected chi connectivity index (χ4v) is 3.26. The average molecular weight is 345 g/mol. The van der Waals surface area contributed by atoms with Crippen LogP contribution in [-0.4, -0.2) is 22.7 Å². The first-order valence-electron chi connectivity index (χ1n) is 9.02. The van der Waals surface area contributed by atoms with Gasteiger partial charge in [-0.1, -0.05) is 0 Å². The number of benzene rings is 1. The Hall–Kier alpha value is -1.92. The number of hydrogen-bond donors (Lipinski definition) is 1. The van der Waals surface area contributed by atoms with Crippen molar-refractivity contribution in [1.29, 1.82) is 0 Å². The minimum atomic E-state index is -0.403. The Balaban J connectivity index is 1.58. The number of ether oxygens (including phenoxy) is 2. The lowest BCUT2D eigenvalue weighted by atomic mass is 10.0. The molecule has 2 fully saturated rings. The Morgan fingerprint density at radius 1 is 1.32 bits per heavy atom. The molecule has 1 aliphatic heterocycles. The van der Waals surface area contributed by atoms with Gasteiger partial charge in [0.15, 0.2) is 12.1 Å². The van der Waals surface area contributed by atoms with Crippen LogP contribution in [-0.2, 0) is 9.47 Å². The summed E-state index contributed by atoms with van der Waals surface area (Å²) in [7, 11) is 0. The number of nitrogen functional groups attached to an aromatic ring is 1. The zero-order valence-electron chi connectivity index (χ0n) is 14.5. The van der Waals surface area contributed by atoms with E-state index in [1.165, 1.54) is 0 Å². The quantitative estimate of drug-likeness (QED) is 0.825. The monoisotopic (exact) mass is 345 g/mol. The molecule has 25 heavy (non-hydrogen) atoms. The van der Waals surface area contributed by atoms with Crippen molar-refractivity contribution in [2.24, 2.45) is 0 Å². The van der Waals surface area contributed by atoms with Crippen LogP contribution in [0.15, 0.2) is 24.5 Å². The van der Waals surface area contributed by atoms with E-state index >= 15 is 0 Å². The van der Waals surface area contributed by atoms with Crippen molar-refractivity contribution in [3.8, 4) is 11.1 Å². The smallest absolute Gasteiger partial charge is 0.158 e. The van der Waals surface area contributed by atoms with Crippen molar-refractivity contribution in [2.45, 2.75) is 57.5 Å². The van der Waals surface area contributed by atoms with Gasteiger partial charge in [0.2, 0.25) is 0 Å². The summed E-state index contributed by atoms with van der Waals surface area (Å²) in [5.41, 5.74) is 8.12. The van der Waals surface area contributed by atoms with Gasteiger partial charge >= 0.3 is 0 Å². The van der Waals surface area contributed by atoms with Crippen molar-refractivity contribution >= 4 is 5.69 Å². The molecule has 2 unspecified atom stereocenters. The topological polar surface area (TPSA) is 62.3 Å². The molecule has 2 aromatic rings. The van der Waals surface area contributed by atoms with E-state index in [1.807, 2.05) is 23.9 Å². The number of anilines is 1. The first-order valence-corrected chi connectivity index (χ1v) is 9.02. The zero-order valence-corrected chi connectivity index (χ0v) is 14.5. The standard InChI is InChI=1S/C19H24FN3O2/c1-12(25-18-4-2-3-7-24-18)13-8-16(19(20)17(21)9-13)14-10-22-23(11-14)15-5-6-15/h8-12,15,18H,2-7,21H2,1H3. The van der Waals surface area contributed by atoms with Gasteiger partial charge in [-0.25, -0.2) is 4.39 Å². The molecule has 1 aromatic heterocycles. The molecule has 1 aliphatic carbocycles. The summed E-state index contributed by atoms with van der Waals surface area (Å²) in [5, 5.41) is 4.35. The molecule has 134 valence electrons. The van der Waals surface area contributed by atoms with Gasteiger partial charge in [-0.15, -0.1) is 0 Å². The predicted octanol–water partition coefficient (Wildman–Crippen LogP) is 4.21. The zero-order chi connectivity index (χ0) is 17.4. The minimum absolute atomic E-state index is 0.131. The summed E-state index contributed by atoms with van der Waals surface area (Å²) >= 11 is 0. The molecule has 1 saturated carbocycles. The maximum Gasteiger partial charge on any atom is 0.158 e. The highest BCUT2D eigenvalue weighted by molar-refractivity contribution is 5.69. The molecule has 2 atom stereocenters. The second-order valence-electron chi connectivity index (χ2n) is 6.99. The molecule has 2 N–H and O–H groups in total. The van der Waals surface area contributed by atoms with E-state index in [0.717, 1.165) is 49.8 Å². The van der Waals surface area contributed by atoms with E-state index < -0.39 is 5.82 Å². The molecule has 1 aromatic carbocycles. The van der Waals surface area contributed by atoms with E-state index in [1.54, 1.807) is 12.3 Å². The molecule has 0 bridgehead atoms. The Morgan fingerprint density at radius 2 is 2.16 bits per heavy atom. The SMILES string of the molecule is CC(OC1CCCCO1)c1cc(N)c(F)c(-c2cnn(C3CC3)c2)c1. The number of nitrogens with two attached hydrogens (primary N) is 1. The van der Waals surface area contributed by atoms with Crippen LogP contribution >= 0.6 is 0 Å². The highest BCUT2D eigenvalue weighted by Crippen LogP contribution is 2.37. The van der Waals surface area contributed by atoms with Gasteiger partial charge in [-0.05, 0) is 56.7 Å². The normalized spacial score (nSPS) is 22.1. The number of aromatic nitrogens is 2. The van der Waals surface area contributed by atoms with Crippen LogP contribution in [0.2, 0.25) is 0 Å². The van der Waals surface area contributed by atoms with Gasteiger partial charge < -0.3 is 15.2 Å². The Bertz CT molecular complexity index is 751. The summed E-state index contributed by atoms with van der Waals surface area (Å²) in [5.74, 6) is -0.403. The summed E-state index contributed by atoms with van der Waals surface area (Å²) < 4.78 is 28.1. The third-order valence-corrected chi connectivity index (χ3v) is 4.92. The molecule has 1 saturated heterocycles. The lowest BCUT2D eigenvalue weighted by Gasteiger charge is -2.26. The molecule has 0 spiro atoms. The minimum Gasteiger partial charge on any atom is -0.396 e. The van der Waals surface area contributed by atoms with Crippen LogP contribution in [0.25, 0.3) is 11.1 Å². The number of nitrogens with zero attached hydrogens (tertiary/aromatic N) is 2. The summed E-state index contributed by atoms with van der Waals surface area (Å²) in [6.07, 6.45) is 8.53. The fraction of sp³-hybridized carbons (Fsp3) is 0.526. The van der Waals surface area contributed by atoms with E-state index in [2.05, 4.69) is 5.10 Å². The molecule has 0 amide bonds. The van der Waals surface area contributed by atoms with Crippen molar-refractivity contribution in [3.05, 3.63) is 35.9 Å². The molecular weight excluding hydrogens is 321 g/mol. The van der Waals surface area contributed by atoms with Gasteiger partial charge in [0, 0.05) is 23.9 Å². The van der Waals surface area contributed by atoms with Gasteiger partial charge in [0.05, 0.1) is 24.0 Å². The van der Waals surface area contributed by atoms with Crippen LogP contribution in [0.4, 0.5) is 10.1 Å². The number of hydrogen-bond acceptors (Lipinski definition) is 4. The fourth-order valence-electron chi connectivity index (χ4n) is 3.26. The Labute approximate surface area is 146 Å². The highest BCUT2D eigenvalue weighted by atomic mass is 19.1. The van der Waals surface area contributed by atoms with E-state index in [4.69, 9.17) is 15.2 Å². The summed E-state index contributed by atoms with van der Waals surface area (Å²) in [6.45, 7) is 2.68. The third kappa shape index (κ3) is 3.55. The predicted molar refractivity (Wildman–Crippen MR) is 93.4 cm³/mol. The van der Waals surface area contributed by atoms with Crippen LogP contribution in [0.3, 0.4) is 0 Å². The third-order valence-electron chi connectivity index (χ3n) is 4.92. The lowest BCUT2D eigenvalue weighted by molar-refractivity contribution is -0.186. The van der Waals surface area contributed by atoms with Crippen LogP contribution in [0.1, 0.15) is 56.7 Å². The van der Waals surface area contributed by atoms with E-state index in [-0.39, 0.29) is 18.1 Å². The Morgan fingerprint density at radius 3 is 2.88 bits per heavy atom.